The van der Waals surface area contributed by atoms with E-state index in [-0.39, 0.29) is 6.04 Å². The predicted molar refractivity (Wildman–Crippen MR) is 70.0 cm³/mol. The molecule has 0 fully saturated rings. The van der Waals surface area contributed by atoms with Gasteiger partial charge in [-0.3, -0.25) is 5.10 Å². The minimum atomic E-state index is -0.148. The summed E-state index contributed by atoms with van der Waals surface area (Å²) in [5.41, 5.74) is 5.69. The van der Waals surface area contributed by atoms with E-state index in [0.717, 1.165) is 15.7 Å². The highest BCUT2D eigenvalue weighted by Gasteiger charge is 2.08. The molecular formula is C11H13ClN4S. The Labute approximate surface area is 109 Å². The first-order valence-electron chi connectivity index (χ1n) is 5.21. The molecule has 0 bridgehead atoms. The number of hydrogen-bond acceptors (Lipinski definition) is 4. The van der Waals surface area contributed by atoms with Crippen LogP contribution in [0.25, 0.3) is 0 Å². The van der Waals surface area contributed by atoms with Crippen LogP contribution < -0.4 is 5.73 Å². The number of aromatic amines is 1. The molecule has 0 spiro atoms. The van der Waals surface area contributed by atoms with E-state index in [4.69, 9.17) is 17.3 Å². The number of halogens is 1. The molecule has 0 aliphatic carbocycles. The lowest BCUT2D eigenvalue weighted by molar-refractivity contribution is 0.745. The number of nitrogens with one attached hydrogen (secondary N) is 1. The Bertz CT molecular complexity index is 498. The molecule has 6 heteroatoms. The van der Waals surface area contributed by atoms with Gasteiger partial charge in [-0.2, -0.15) is 5.10 Å². The van der Waals surface area contributed by atoms with Crippen molar-refractivity contribution in [3.05, 3.63) is 40.9 Å². The zero-order valence-electron chi connectivity index (χ0n) is 9.35. The van der Waals surface area contributed by atoms with Crippen molar-refractivity contribution in [1.82, 2.24) is 15.2 Å². The molecule has 17 heavy (non-hydrogen) atoms. The fourth-order valence-corrected chi connectivity index (χ4v) is 2.39. The van der Waals surface area contributed by atoms with Crippen molar-refractivity contribution in [1.29, 1.82) is 0 Å². The monoisotopic (exact) mass is 268 g/mol. The van der Waals surface area contributed by atoms with Crippen LogP contribution in [0.2, 0.25) is 5.02 Å². The number of hydrogen-bond donors (Lipinski definition) is 2. The highest BCUT2D eigenvalue weighted by atomic mass is 35.5. The molecule has 0 radical (unpaired) electrons. The first-order chi connectivity index (χ1) is 8.16. The smallest absolute Gasteiger partial charge is 0.167 e. The second kappa shape index (κ2) is 5.53. The highest BCUT2D eigenvalue weighted by Crippen LogP contribution is 2.28. The van der Waals surface area contributed by atoms with Crippen LogP contribution in [-0.2, 0) is 5.75 Å². The average molecular weight is 269 g/mol. The minimum Gasteiger partial charge on any atom is -0.321 e. The Kier molecular flexibility index (Phi) is 4.04. The van der Waals surface area contributed by atoms with Gasteiger partial charge in [-0.25, -0.2) is 4.98 Å². The van der Waals surface area contributed by atoms with Crippen LogP contribution >= 0.6 is 23.4 Å². The van der Waals surface area contributed by atoms with Gasteiger partial charge in [0.15, 0.2) is 5.82 Å². The molecule has 0 aliphatic rings. The molecule has 3 N–H and O–H groups in total. The molecule has 0 saturated carbocycles. The van der Waals surface area contributed by atoms with Gasteiger partial charge in [0.2, 0.25) is 0 Å². The number of rotatable bonds is 4. The van der Waals surface area contributed by atoms with Crippen molar-refractivity contribution in [2.75, 3.05) is 0 Å². The summed E-state index contributed by atoms with van der Waals surface area (Å²) in [5, 5.41) is 7.67. The number of nitrogens with zero attached hydrogens (tertiary/aromatic N) is 2. The lowest BCUT2D eigenvalue weighted by Gasteiger charge is -2.01. The first-order valence-corrected chi connectivity index (χ1v) is 6.57. The van der Waals surface area contributed by atoms with E-state index < -0.39 is 0 Å². The molecule has 90 valence electrons. The lowest BCUT2D eigenvalue weighted by atomic mass is 10.3. The summed E-state index contributed by atoms with van der Waals surface area (Å²) in [4.78, 5) is 5.33. The maximum atomic E-state index is 6.06. The van der Waals surface area contributed by atoms with Crippen LogP contribution in [-0.4, -0.2) is 15.2 Å². The molecule has 1 aromatic heterocycles. The van der Waals surface area contributed by atoms with Gasteiger partial charge in [0.05, 0.1) is 16.8 Å². The Morgan fingerprint density at radius 3 is 2.88 bits per heavy atom. The number of H-pyrrole nitrogens is 1. The van der Waals surface area contributed by atoms with Crippen LogP contribution in [0.4, 0.5) is 0 Å². The van der Waals surface area contributed by atoms with E-state index in [9.17, 15) is 0 Å². The summed E-state index contributed by atoms with van der Waals surface area (Å²) >= 11 is 7.68. The molecule has 4 nitrogen and oxygen atoms in total. The van der Waals surface area contributed by atoms with Crippen LogP contribution in [0.5, 0.6) is 0 Å². The third-order valence-corrected chi connectivity index (χ3v) is 3.68. The van der Waals surface area contributed by atoms with Gasteiger partial charge in [0, 0.05) is 4.90 Å². The normalized spacial score (nSPS) is 12.6. The Morgan fingerprint density at radius 2 is 2.24 bits per heavy atom. The topological polar surface area (TPSA) is 67.6 Å². The lowest BCUT2D eigenvalue weighted by Crippen LogP contribution is -2.06. The van der Waals surface area contributed by atoms with Gasteiger partial charge in [0.1, 0.15) is 5.82 Å². The fourth-order valence-electron chi connectivity index (χ4n) is 1.29. The summed E-state index contributed by atoms with van der Waals surface area (Å²) in [6.07, 6.45) is 0. The maximum absolute atomic E-state index is 6.06. The fraction of sp³-hybridized carbons (Fsp3) is 0.273. The van der Waals surface area contributed by atoms with E-state index >= 15 is 0 Å². The van der Waals surface area contributed by atoms with Crippen molar-refractivity contribution in [2.45, 2.75) is 23.6 Å². The second-order valence-electron chi connectivity index (χ2n) is 3.65. The van der Waals surface area contributed by atoms with Crippen molar-refractivity contribution >= 4 is 23.4 Å². The molecule has 0 amide bonds. The third kappa shape index (κ3) is 3.21. The van der Waals surface area contributed by atoms with Crippen molar-refractivity contribution in [3.8, 4) is 0 Å². The van der Waals surface area contributed by atoms with Gasteiger partial charge in [0.25, 0.3) is 0 Å². The average Bonchev–Trinajstić information content (AvgIpc) is 2.77. The molecule has 2 aromatic rings. The van der Waals surface area contributed by atoms with Crippen molar-refractivity contribution < 1.29 is 0 Å². The Hall–Kier alpha value is -1.04. The van der Waals surface area contributed by atoms with Gasteiger partial charge in [-0.15, -0.1) is 11.8 Å². The molecule has 2 rings (SSSR count). The van der Waals surface area contributed by atoms with Crippen molar-refractivity contribution in [2.24, 2.45) is 5.73 Å². The minimum absolute atomic E-state index is 0.148. The number of benzene rings is 1. The molecule has 0 saturated heterocycles. The first kappa shape index (κ1) is 12.4. The van der Waals surface area contributed by atoms with Crippen LogP contribution in [0, 0.1) is 0 Å². The van der Waals surface area contributed by atoms with E-state index in [1.54, 1.807) is 11.8 Å². The molecule has 1 atom stereocenters. The number of thioether (sulfide) groups is 1. The van der Waals surface area contributed by atoms with Gasteiger partial charge in [-0.1, -0.05) is 23.7 Å². The summed E-state index contributed by atoms with van der Waals surface area (Å²) in [6.45, 7) is 1.86. The van der Waals surface area contributed by atoms with Crippen LogP contribution in [0.15, 0.2) is 29.2 Å². The largest absolute Gasteiger partial charge is 0.321 e. The molecule has 1 aromatic carbocycles. The molecule has 1 unspecified atom stereocenters. The third-order valence-electron chi connectivity index (χ3n) is 2.16. The van der Waals surface area contributed by atoms with E-state index in [0.29, 0.717) is 11.6 Å². The second-order valence-corrected chi connectivity index (χ2v) is 5.07. The summed E-state index contributed by atoms with van der Waals surface area (Å²) in [5.74, 6) is 2.14. The van der Waals surface area contributed by atoms with Gasteiger partial charge >= 0.3 is 0 Å². The maximum Gasteiger partial charge on any atom is 0.167 e. The standard InChI is InChI=1S/C11H13ClN4S/c1-7(13)11-14-10(15-16-11)6-17-9-5-3-2-4-8(9)12/h2-5,7H,6,13H2,1H3,(H,14,15,16). The SMILES string of the molecule is CC(N)c1n[nH]c(CSc2ccccc2Cl)n1. The zero-order chi connectivity index (χ0) is 12.3. The van der Waals surface area contributed by atoms with E-state index in [1.165, 1.54) is 0 Å². The summed E-state index contributed by atoms with van der Waals surface area (Å²) in [7, 11) is 0. The zero-order valence-corrected chi connectivity index (χ0v) is 10.9. The Morgan fingerprint density at radius 1 is 1.47 bits per heavy atom. The summed E-state index contributed by atoms with van der Waals surface area (Å²) < 4.78 is 0. The van der Waals surface area contributed by atoms with Crippen molar-refractivity contribution in [3.63, 3.8) is 0 Å². The van der Waals surface area contributed by atoms with Crippen LogP contribution in [0.3, 0.4) is 0 Å². The molecule has 0 aliphatic heterocycles. The van der Waals surface area contributed by atoms with Gasteiger partial charge in [-0.05, 0) is 19.1 Å². The highest BCUT2D eigenvalue weighted by molar-refractivity contribution is 7.98. The molecular weight excluding hydrogens is 256 g/mol. The quantitative estimate of drug-likeness (QED) is 0.837. The number of aromatic nitrogens is 3. The summed E-state index contributed by atoms with van der Waals surface area (Å²) in [6, 6.07) is 7.58. The predicted octanol–water partition coefficient (Wildman–Crippen LogP) is 2.77. The van der Waals surface area contributed by atoms with Gasteiger partial charge < -0.3 is 5.73 Å². The number of nitrogens with two attached hydrogens (primary N) is 1. The Balaban J connectivity index is 2.00. The van der Waals surface area contributed by atoms with Crippen LogP contribution in [0.1, 0.15) is 24.6 Å². The van der Waals surface area contributed by atoms with E-state index in [2.05, 4.69) is 15.2 Å². The van der Waals surface area contributed by atoms with E-state index in [1.807, 2.05) is 31.2 Å². The molecule has 1 heterocycles.